The number of ether oxygens (including phenoxy) is 1. The number of carbonyl (C=O) groups is 2. The molecule has 6 heteroatoms. The third-order valence-electron chi connectivity index (χ3n) is 4.65. The van der Waals surface area contributed by atoms with Crippen LogP contribution < -0.4 is 15.4 Å². The van der Waals surface area contributed by atoms with E-state index < -0.39 is 0 Å². The molecular weight excluding hydrogens is 408 g/mol. The predicted molar refractivity (Wildman–Crippen MR) is 127 cm³/mol. The molecule has 0 unspecified atom stereocenters. The second kappa shape index (κ2) is 10.7. The maximum atomic E-state index is 12.5. The molecule has 3 aromatic rings. The zero-order chi connectivity index (χ0) is 22.2. The number of methoxy groups -OCH3 is 1. The molecule has 0 atom stereocenters. The van der Waals surface area contributed by atoms with Crippen molar-refractivity contribution in [1.82, 2.24) is 0 Å². The molecule has 0 aliphatic rings. The van der Waals surface area contributed by atoms with Crippen LogP contribution in [-0.4, -0.2) is 24.7 Å². The molecule has 2 amide bonds. The Morgan fingerprint density at radius 1 is 0.903 bits per heavy atom. The van der Waals surface area contributed by atoms with Crippen LogP contribution in [0.4, 0.5) is 11.4 Å². The average molecular weight is 435 g/mol. The van der Waals surface area contributed by atoms with Crippen molar-refractivity contribution in [2.24, 2.45) is 0 Å². The number of rotatable bonds is 8. The molecule has 0 heterocycles. The van der Waals surface area contributed by atoms with E-state index in [-0.39, 0.29) is 17.6 Å². The second-order valence-electron chi connectivity index (χ2n) is 7.33. The average Bonchev–Trinajstić information content (AvgIpc) is 2.78. The van der Waals surface area contributed by atoms with Crippen molar-refractivity contribution in [3.8, 4) is 5.75 Å². The van der Waals surface area contributed by atoms with Crippen molar-refractivity contribution in [2.45, 2.75) is 24.7 Å². The van der Waals surface area contributed by atoms with Gasteiger partial charge in [-0.25, -0.2) is 0 Å². The van der Waals surface area contributed by atoms with Gasteiger partial charge < -0.3 is 15.4 Å². The topological polar surface area (TPSA) is 67.4 Å². The van der Waals surface area contributed by atoms with E-state index in [0.29, 0.717) is 22.9 Å². The first kappa shape index (κ1) is 22.4. The first-order chi connectivity index (χ1) is 14.9. The van der Waals surface area contributed by atoms with E-state index >= 15 is 0 Å². The number of hydrogen-bond acceptors (Lipinski definition) is 4. The van der Waals surface area contributed by atoms with Gasteiger partial charge in [0.2, 0.25) is 5.91 Å². The summed E-state index contributed by atoms with van der Waals surface area (Å²) in [6.45, 7) is 4.27. The maximum absolute atomic E-state index is 12.5. The minimum atomic E-state index is -0.219. The number of thioether (sulfide) groups is 1. The summed E-state index contributed by atoms with van der Waals surface area (Å²) < 4.78 is 5.17. The van der Waals surface area contributed by atoms with Crippen LogP contribution in [0.2, 0.25) is 0 Å². The Labute approximate surface area is 187 Å². The number of carbonyl (C=O) groups excluding carboxylic acids is 2. The molecule has 3 rings (SSSR count). The first-order valence-corrected chi connectivity index (χ1v) is 11.0. The van der Waals surface area contributed by atoms with Crippen molar-refractivity contribution in [3.63, 3.8) is 0 Å². The molecule has 0 aromatic heterocycles. The Kier molecular flexibility index (Phi) is 7.73. The molecule has 31 heavy (non-hydrogen) atoms. The van der Waals surface area contributed by atoms with Gasteiger partial charge in [-0.05, 0) is 60.0 Å². The molecular formula is C25H26N2O3S. The van der Waals surface area contributed by atoms with Gasteiger partial charge in [0, 0.05) is 21.8 Å². The van der Waals surface area contributed by atoms with Crippen LogP contribution in [0.25, 0.3) is 0 Å². The summed E-state index contributed by atoms with van der Waals surface area (Å²) in [5.41, 5.74) is 3.21. The Morgan fingerprint density at radius 2 is 1.65 bits per heavy atom. The minimum absolute atomic E-state index is 0.0758. The molecule has 0 radical (unpaired) electrons. The van der Waals surface area contributed by atoms with Crippen molar-refractivity contribution in [2.75, 3.05) is 23.5 Å². The van der Waals surface area contributed by atoms with Crippen molar-refractivity contribution >= 4 is 35.0 Å². The van der Waals surface area contributed by atoms with Crippen LogP contribution in [0.15, 0.2) is 77.7 Å². The molecule has 2 N–H and O–H groups in total. The molecule has 0 spiro atoms. The minimum Gasteiger partial charge on any atom is -0.497 e. The highest BCUT2D eigenvalue weighted by Crippen LogP contribution is 2.23. The van der Waals surface area contributed by atoms with E-state index in [1.807, 2.05) is 48.5 Å². The molecule has 5 nitrogen and oxygen atoms in total. The number of hydrogen-bond donors (Lipinski definition) is 2. The van der Waals surface area contributed by atoms with Gasteiger partial charge in [-0.15, -0.1) is 11.8 Å². The van der Waals surface area contributed by atoms with Crippen molar-refractivity contribution < 1.29 is 14.3 Å². The zero-order valence-corrected chi connectivity index (χ0v) is 18.7. The lowest BCUT2D eigenvalue weighted by Gasteiger charge is -2.10. The van der Waals surface area contributed by atoms with Crippen LogP contribution >= 0.6 is 11.8 Å². The van der Waals surface area contributed by atoms with Gasteiger partial charge in [-0.1, -0.05) is 38.1 Å². The fraction of sp³-hybridized carbons (Fsp3) is 0.200. The summed E-state index contributed by atoms with van der Waals surface area (Å²) in [7, 11) is 1.56. The Hall–Kier alpha value is -3.25. The number of benzene rings is 3. The van der Waals surface area contributed by atoms with Gasteiger partial charge in [0.1, 0.15) is 5.75 Å². The quantitative estimate of drug-likeness (QED) is 0.440. The lowest BCUT2D eigenvalue weighted by Crippen LogP contribution is -2.14. The fourth-order valence-corrected chi connectivity index (χ4v) is 3.68. The second-order valence-corrected chi connectivity index (χ2v) is 8.38. The van der Waals surface area contributed by atoms with Gasteiger partial charge in [0.05, 0.1) is 12.9 Å². The van der Waals surface area contributed by atoms with Crippen LogP contribution in [0, 0.1) is 0 Å². The molecule has 0 aliphatic carbocycles. The number of anilines is 2. The Balaban J connectivity index is 1.55. The largest absolute Gasteiger partial charge is 0.497 e. The van der Waals surface area contributed by atoms with Gasteiger partial charge in [0.15, 0.2) is 0 Å². The normalized spacial score (nSPS) is 10.6. The monoisotopic (exact) mass is 434 g/mol. The Morgan fingerprint density at radius 3 is 2.35 bits per heavy atom. The van der Waals surface area contributed by atoms with E-state index in [1.165, 1.54) is 17.3 Å². The summed E-state index contributed by atoms with van der Waals surface area (Å²) in [6.07, 6.45) is 0. The molecule has 160 valence electrons. The number of nitrogens with one attached hydrogen (secondary N) is 2. The number of amides is 2. The highest BCUT2D eigenvalue weighted by Gasteiger charge is 2.09. The SMILES string of the molecule is COc1cccc(C(=O)Nc2cccc(SCC(=O)Nc3ccc(C(C)C)cc3)c2)c1. The maximum Gasteiger partial charge on any atom is 0.255 e. The summed E-state index contributed by atoms with van der Waals surface area (Å²) in [5.74, 6) is 1.06. The predicted octanol–water partition coefficient (Wildman–Crippen LogP) is 5.80. The van der Waals surface area contributed by atoms with Crippen LogP contribution in [-0.2, 0) is 4.79 Å². The Bertz CT molecular complexity index is 1050. The van der Waals surface area contributed by atoms with E-state index in [1.54, 1.807) is 31.4 Å². The van der Waals surface area contributed by atoms with Crippen LogP contribution in [0.5, 0.6) is 5.75 Å². The first-order valence-electron chi connectivity index (χ1n) is 10.0. The molecule has 0 fully saturated rings. The smallest absolute Gasteiger partial charge is 0.255 e. The van der Waals surface area contributed by atoms with E-state index in [9.17, 15) is 9.59 Å². The fourth-order valence-electron chi connectivity index (χ4n) is 2.93. The molecule has 0 bridgehead atoms. The zero-order valence-electron chi connectivity index (χ0n) is 17.8. The summed E-state index contributed by atoms with van der Waals surface area (Å²) in [5, 5.41) is 5.80. The van der Waals surface area contributed by atoms with E-state index in [2.05, 4.69) is 24.5 Å². The summed E-state index contributed by atoms with van der Waals surface area (Å²) in [4.78, 5) is 25.7. The van der Waals surface area contributed by atoms with Crippen LogP contribution in [0.1, 0.15) is 35.7 Å². The lowest BCUT2D eigenvalue weighted by atomic mass is 10.0. The summed E-state index contributed by atoms with van der Waals surface area (Å²) in [6, 6.07) is 22.3. The standard InChI is InChI=1S/C25H26N2O3S/c1-17(2)18-10-12-20(13-11-18)26-24(28)16-31-23-9-5-7-21(15-23)27-25(29)19-6-4-8-22(14-19)30-3/h4-15,17H,16H2,1-3H3,(H,26,28)(H,27,29). The van der Waals surface area contributed by atoms with Crippen molar-refractivity contribution in [1.29, 1.82) is 0 Å². The highest BCUT2D eigenvalue weighted by atomic mass is 32.2. The summed E-state index contributed by atoms with van der Waals surface area (Å²) >= 11 is 1.42. The van der Waals surface area contributed by atoms with Gasteiger partial charge in [-0.2, -0.15) is 0 Å². The molecule has 0 saturated heterocycles. The molecule has 0 aliphatic heterocycles. The molecule has 0 saturated carbocycles. The van der Waals surface area contributed by atoms with E-state index in [4.69, 9.17) is 4.74 Å². The van der Waals surface area contributed by atoms with Gasteiger partial charge >= 0.3 is 0 Å². The van der Waals surface area contributed by atoms with Gasteiger partial charge in [0.25, 0.3) is 5.91 Å². The van der Waals surface area contributed by atoms with Gasteiger partial charge in [-0.3, -0.25) is 9.59 Å². The van der Waals surface area contributed by atoms with Crippen molar-refractivity contribution in [3.05, 3.63) is 83.9 Å². The van der Waals surface area contributed by atoms with E-state index in [0.717, 1.165) is 10.6 Å². The lowest BCUT2D eigenvalue weighted by molar-refractivity contribution is -0.113. The molecule has 3 aromatic carbocycles. The third-order valence-corrected chi connectivity index (χ3v) is 5.65. The third kappa shape index (κ3) is 6.62. The van der Waals surface area contributed by atoms with Crippen LogP contribution in [0.3, 0.4) is 0 Å². The highest BCUT2D eigenvalue weighted by molar-refractivity contribution is 8.00.